The van der Waals surface area contributed by atoms with Crippen molar-refractivity contribution in [3.8, 4) is 0 Å². The molecule has 2 aliphatic heterocycles. The number of carbonyl (C=O) groups excluding carboxylic acids is 2. The van der Waals surface area contributed by atoms with Crippen LogP contribution in [0.5, 0.6) is 0 Å². The lowest BCUT2D eigenvalue weighted by Gasteiger charge is -2.37. The smallest absolute Gasteiger partial charge is 0.411 e. The third-order valence-corrected chi connectivity index (χ3v) is 5.01. The van der Waals surface area contributed by atoms with E-state index in [0.29, 0.717) is 19.5 Å². The van der Waals surface area contributed by atoms with Gasteiger partial charge in [-0.05, 0) is 31.9 Å². The minimum absolute atomic E-state index is 0.131. The van der Waals surface area contributed by atoms with Crippen LogP contribution in [0, 0.1) is 0 Å². The molecule has 1 aromatic rings. The third kappa shape index (κ3) is 5.45. The maximum absolute atomic E-state index is 12.9. The van der Waals surface area contributed by atoms with Crippen LogP contribution in [-0.4, -0.2) is 72.8 Å². The molecule has 0 unspecified atom stereocenters. The second-order valence-corrected chi connectivity index (χ2v) is 8.34. The molecule has 0 aliphatic carbocycles. The number of benzene rings is 1. The van der Waals surface area contributed by atoms with E-state index in [1.807, 2.05) is 45.0 Å². The number of nitrogens with zero attached hydrogens (tertiary/aromatic N) is 2. The summed E-state index contributed by atoms with van der Waals surface area (Å²) >= 11 is 0. The lowest BCUT2D eigenvalue weighted by atomic mass is 9.94. The van der Waals surface area contributed by atoms with Crippen molar-refractivity contribution in [3.05, 3.63) is 35.4 Å². The predicted molar refractivity (Wildman–Crippen MR) is 106 cm³/mol. The van der Waals surface area contributed by atoms with Crippen LogP contribution in [0.2, 0.25) is 0 Å². The Morgan fingerprint density at radius 1 is 1.18 bits per heavy atom. The molecule has 0 aromatic heterocycles. The highest BCUT2D eigenvalue weighted by atomic mass is 16.6. The summed E-state index contributed by atoms with van der Waals surface area (Å²) in [6.07, 6.45) is 0.0500. The molecule has 0 saturated carbocycles. The average Bonchev–Trinajstić information content (AvgIpc) is 2.66. The minimum atomic E-state index is -0.606. The van der Waals surface area contributed by atoms with E-state index in [1.165, 1.54) is 0 Å². The normalized spacial score (nSPS) is 20.4. The maximum Gasteiger partial charge on any atom is 0.411 e. The van der Waals surface area contributed by atoms with Crippen LogP contribution in [-0.2, 0) is 27.2 Å². The SMILES string of the molecule is CC(C)(C)OC(=O)N1Cc2ccccc2C[C@@H]1C(=O)NCCN1CCOCC1. The first kappa shape index (κ1) is 20.6. The predicted octanol–water partition coefficient (Wildman–Crippen LogP) is 1.80. The molecule has 0 radical (unpaired) electrons. The minimum Gasteiger partial charge on any atom is -0.444 e. The van der Waals surface area contributed by atoms with Crippen molar-refractivity contribution in [2.24, 2.45) is 0 Å². The second-order valence-electron chi connectivity index (χ2n) is 8.34. The Hall–Kier alpha value is -2.12. The molecule has 154 valence electrons. The molecular weight excluding hydrogens is 358 g/mol. The quantitative estimate of drug-likeness (QED) is 0.850. The molecule has 7 heteroatoms. The molecule has 1 saturated heterocycles. The summed E-state index contributed by atoms with van der Waals surface area (Å²) in [5, 5.41) is 3.01. The summed E-state index contributed by atoms with van der Waals surface area (Å²) in [5.41, 5.74) is 1.56. The zero-order chi connectivity index (χ0) is 20.1. The number of rotatable bonds is 4. The fraction of sp³-hybridized carbons (Fsp3) is 0.619. The van der Waals surface area contributed by atoms with E-state index in [9.17, 15) is 9.59 Å². The van der Waals surface area contributed by atoms with Crippen LogP contribution in [0.25, 0.3) is 0 Å². The Morgan fingerprint density at radius 2 is 1.86 bits per heavy atom. The molecule has 1 aromatic carbocycles. The summed E-state index contributed by atoms with van der Waals surface area (Å²) in [6, 6.07) is 7.38. The van der Waals surface area contributed by atoms with Gasteiger partial charge in [0.15, 0.2) is 0 Å². The van der Waals surface area contributed by atoms with Gasteiger partial charge in [0.05, 0.1) is 19.8 Å². The monoisotopic (exact) mass is 389 g/mol. The van der Waals surface area contributed by atoms with Crippen molar-refractivity contribution in [1.82, 2.24) is 15.1 Å². The van der Waals surface area contributed by atoms with Gasteiger partial charge in [-0.25, -0.2) is 4.79 Å². The van der Waals surface area contributed by atoms with Gasteiger partial charge in [0.1, 0.15) is 11.6 Å². The number of hydrogen-bond acceptors (Lipinski definition) is 5. The highest BCUT2D eigenvalue weighted by Crippen LogP contribution is 2.25. The largest absolute Gasteiger partial charge is 0.444 e. The van der Waals surface area contributed by atoms with Crippen LogP contribution in [0.4, 0.5) is 4.79 Å². The summed E-state index contributed by atoms with van der Waals surface area (Å²) in [4.78, 5) is 29.5. The van der Waals surface area contributed by atoms with Gasteiger partial charge in [0, 0.05) is 32.6 Å². The van der Waals surface area contributed by atoms with Gasteiger partial charge in [-0.1, -0.05) is 24.3 Å². The third-order valence-electron chi connectivity index (χ3n) is 5.01. The highest BCUT2D eigenvalue weighted by molar-refractivity contribution is 5.86. The molecule has 1 N–H and O–H groups in total. The van der Waals surface area contributed by atoms with Crippen molar-refractivity contribution < 1.29 is 19.1 Å². The van der Waals surface area contributed by atoms with Crippen LogP contribution < -0.4 is 5.32 Å². The standard InChI is InChI=1S/C21H31N3O4/c1-21(2,3)28-20(26)24-15-17-7-5-4-6-16(17)14-18(24)19(25)22-8-9-23-10-12-27-13-11-23/h4-7,18H,8-15H2,1-3H3,(H,22,25)/t18-/m1/s1. The van der Waals surface area contributed by atoms with Crippen LogP contribution in [0.15, 0.2) is 24.3 Å². The molecule has 0 spiro atoms. The molecule has 2 amide bonds. The summed E-state index contributed by atoms with van der Waals surface area (Å²) in [7, 11) is 0. The van der Waals surface area contributed by atoms with Gasteiger partial charge in [-0.2, -0.15) is 0 Å². The van der Waals surface area contributed by atoms with E-state index in [2.05, 4.69) is 10.2 Å². The van der Waals surface area contributed by atoms with E-state index >= 15 is 0 Å². The topological polar surface area (TPSA) is 71.1 Å². The van der Waals surface area contributed by atoms with Crippen LogP contribution >= 0.6 is 0 Å². The van der Waals surface area contributed by atoms with Gasteiger partial charge in [-0.3, -0.25) is 14.6 Å². The van der Waals surface area contributed by atoms with Gasteiger partial charge < -0.3 is 14.8 Å². The fourth-order valence-electron chi connectivity index (χ4n) is 3.55. The van der Waals surface area contributed by atoms with Crippen molar-refractivity contribution in [2.75, 3.05) is 39.4 Å². The number of morpholine rings is 1. The molecule has 3 rings (SSSR count). The van der Waals surface area contributed by atoms with Crippen LogP contribution in [0.1, 0.15) is 31.9 Å². The Labute approximate surface area is 167 Å². The Kier molecular flexibility index (Phi) is 6.57. The first-order valence-electron chi connectivity index (χ1n) is 9.98. The van der Waals surface area contributed by atoms with E-state index in [-0.39, 0.29) is 5.91 Å². The van der Waals surface area contributed by atoms with E-state index in [4.69, 9.17) is 9.47 Å². The zero-order valence-electron chi connectivity index (χ0n) is 17.1. The molecule has 28 heavy (non-hydrogen) atoms. The van der Waals surface area contributed by atoms with Gasteiger partial charge >= 0.3 is 6.09 Å². The molecule has 2 heterocycles. The molecule has 1 fully saturated rings. The number of hydrogen-bond donors (Lipinski definition) is 1. The maximum atomic E-state index is 12.9. The molecular formula is C21H31N3O4. The first-order valence-corrected chi connectivity index (χ1v) is 9.98. The number of fused-ring (bicyclic) bond motifs is 1. The highest BCUT2D eigenvalue weighted by Gasteiger charge is 2.36. The Bertz CT molecular complexity index is 695. The summed E-state index contributed by atoms with van der Waals surface area (Å²) in [6.45, 7) is 10.5. The summed E-state index contributed by atoms with van der Waals surface area (Å²) in [5.74, 6) is -0.131. The van der Waals surface area contributed by atoms with E-state index in [0.717, 1.165) is 44.0 Å². The fourth-order valence-corrected chi connectivity index (χ4v) is 3.55. The van der Waals surface area contributed by atoms with Crippen molar-refractivity contribution in [2.45, 2.75) is 45.4 Å². The van der Waals surface area contributed by atoms with Crippen molar-refractivity contribution in [3.63, 3.8) is 0 Å². The lowest BCUT2D eigenvalue weighted by Crippen LogP contribution is -2.54. The number of amides is 2. The summed E-state index contributed by atoms with van der Waals surface area (Å²) < 4.78 is 10.9. The lowest BCUT2D eigenvalue weighted by molar-refractivity contribution is -0.127. The number of nitrogens with one attached hydrogen (secondary N) is 1. The molecule has 1 atom stereocenters. The van der Waals surface area contributed by atoms with E-state index < -0.39 is 17.7 Å². The van der Waals surface area contributed by atoms with Gasteiger partial charge in [-0.15, -0.1) is 0 Å². The average molecular weight is 389 g/mol. The number of ether oxygens (including phenoxy) is 2. The van der Waals surface area contributed by atoms with Crippen LogP contribution in [0.3, 0.4) is 0 Å². The first-order chi connectivity index (χ1) is 13.3. The van der Waals surface area contributed by atoms with Gasteiger partial charge in [0.2, 0.25) is 5.91 Å². The zero-order valence-corrected chi connectivity index (χ0v) is 17.1. The van der Waals surface area contributed by atoms with Gasteiger partial charge in [0.25, 0.3) is 0 Å². The van der Waals surface area contributed by atoms with E-state index in [1.54, 1.807) is 4.90 Å². The molecule has 2 aliphatic rings. The Morgan fingerprint density at radius 3 is 2.54 bits per heavy atom. The molecule has 0 bridgehead atoms. The van der Waals surface area contributed by atoms with Crippen molar-refractivity contribution >= 4 is 12.0 Å². The van der Waals surface area contributed by atoms with Crippen molar-refractivity contribution in [1.29, 1.82) is 0 Å². The number of carbonyl (C=O) groups is 2. The molecule has 7 nitrogen and oxygen atoms in total. The second kappa shape index (κ2) is 8.92. The Balaban J connectivity index is 1.65.